The molecule has 2 N–H and O–H groups in total. The molecular formula is C40H76Cl2N6O2. The minimum atomic E-state index is 0. The Bertz CT molecular complexity index is 868. The topological polar surface area (TPSA) is 93.8 Å². The average Bonchev–Trinajstić information content (AvgIpc) is 3.82. The van der Waals surface area contributed by atoms with Gasteiger partial charge < -0.3 is 19.8 Å². The van der Waals surface area contributed by atoms with Gasteiger partial charge in [0.1, 0.15) is 0 Å². The molecule has 0 saturated carbocycles. The molecule has 2 amide bonds. The van der Waals surface area contributed by atoms with E-state index in [9.17, 15) is 9.59 Å². The molecule has 0 unspecified atom stereocenters. The summed E-state index contributed by atoms with van der Waals surface area (Å²) in [6, 6.07) is 0. The van der Waals surface area contributed by atoms with Gasteiger partial charge in [0.2, 0.25) is 11.8 Å². The lowest BCUT2D eigenvalue weighted by molar-refractivity contribution is -0.122. The predicted octanol–water partition coefficient (Wildman–Crippen LogP) is 11.0. The summed E-state index contributed by atoms with van der Waals surface area (Å²) in [6.07, 6.45) is 43.5. The van der Waals surface area contributed by atoms with E-state index in [4.69, 9.17) is 0 Å². The van der Waals surface area contributed by atoms with Crippen molar-refractivity contribution in [3.05, 3.63) is 37.4 Å². The smallest absolute Gasteiger partial charge is 0.219 e. The Labute approximate surface area is 319 Å². The number of carbonyl (C=O) groups excluding carboxylic acids is 2. The maximum absolute atomic E-state index is 11.7. The highest BCUT2D eigenvalue weighted by Gasteiger charge is 2.02. The number of halogens is 2. The van der Waals surface area contributed by atoms with Crippen LogP contribution in [-0.2, 0) is 22.7 Å². The number of amides is 2. The molecule has 2 aromatic heterocycles. The number of carbonyl (C=O) groups is 2. The molecule has 2 rings (SSSR count). The highest BCUT2D eigenvalue weighted by Crippen LogP contribution is 2.13. The minimum Gasteiger partial charge on any atom is -0.356 e. The highest BCUT2D eigenvalue weighted by molar-refractivity contribution is 5.85. The Kier molecular flexibility index (Phi) is 39.8. The van der Waals surface area contributed by atoms with Crippen LogP contribution in [0.25, 0.3) is 0 Å². The molecule has 2 aromatic rings. The monoisotopic (exact) mass is 743 g/mol. The first-order chi connectivity index (χ1) is 23.7. The van der Waals surface area contributed by atoms with E-state index in [0.29, 0.717) is 12.8 Å². The number of aromatic nitrogens is 4. The number of nitrogens with one attached hydrogen (secondary N) is 2. The molecule has 0 spiro atoms. The van der Waals surface area contributed by atoms with Crippen molar-refractivity contribution in [2.45, 2.75) is 194 Å². The molecule has 10 heteroatoms. The van der Waals surface area contributed by atoms with Crippen LogP contribution in [0.15, 0.2) is 37.4 Å². The molecule has 0 radical (unpaired) electrons. The number of aryl methyl sites for hydroxylation is 2. The van der Waals surface area contributed by atoms with Crippen LogP contribution in [0.3, 0.4) is 0 Å². The molecule has 0 aliphatic rings. The molecular weight excluding hydrogens is 667 g/mol. The van der Waals surface area contributed by atoms with Crippen LogP contribution < -0.4 is 10.6 Å². The summed E-state index contributed by atoms with van der Waals surface area (Å²) in [5.74, 6) is 0.410. The molecule has 0 aliphatic carbocycles. The fraction of sp³-hybridized carbons (Fsp3) is 0.800. The third-order valence-corrected chi connectivity index (χ3v) is 8.96. The SMILES string of the molecule is CCCCCCCCCCCCCC(=O)NCCCn1ccnc1.CCCCCCCCCCCCCC(=O)NCCCn1ccnc1.Cl.Cl. The molecule has 0 atom stereocenters. The lowest BCUT2D eigenvalue weighted by Gasteiger charge is -2.06. The summed E-state index contributed by atoms with van der Waals surface area (Å²) in [7, 11) is 0. The molecule has 292 valence electrons. The van der Waals surface area contributed by atoms with Crippen LogP contribution >= 0.6 is 24.8 Å². The second-order valence-electron chi connectivity index (χ2n) is 13.6. The first kappa shape index (κ1) is 50.0. The van der Waals surface area contributed by atoms with E-state index in [1.54, 1.807) is 12.4 Å². The molecule has 50 heavy (non-hydrogen) atoms. The van der Waals surface area contributed by atoms with Crippen molar-refractivity contribution in [2.75, 3.05) is 13.1 Å². The van der Waals surface area contributed by atoms with Gasteiger partial charge in [-0.3, -0.25) is 9.59 Å². The fourth-order valence-corrected chi connectivity index (χ4v) is 5.89. The number of nitrogens with zero attached hydrogens (tertiary/aromatic N) is 4. The molecule has 0 aliphatic heterocycles. The van der Waals surface area contributed by atoms with Crippen molar-refractivity contribution >= 4 is 36.6 Å². The zero-order valence-electron chi connectivity index (χ0n) is 32.1. The first-order valence-electron chi connectivity index (χ1n) is 20.1. The van der Waals surface area contributed by atoms with E-state index in [2.05, 4.69) is 34.4 Å². The lowest BCUT2D eigenvalue weighted by Crippen LogP contribution is -2.24. The van der Waals surface area contributed by atoms with E-state index in [1.807, 2.05) is 34.2 Å². The maximum atomic E-state index is 11.7. The highest BCUT2D eigenvalue weighted by atomic mass is 35.5. The standard InChI is InChI=1S/2C20H37N3O.2ClH/c2*1-2-3-4-5-6-7-8-9-10-11-12-14-20(24)22-15-13-17-23-18-16-21-19-23;;/h2*16,18-19H,2-15,17H2,1H3,(H,22,24);2*1H. The Morgan fingerprint density at radius 2 is 0.760 bits per heavy atom. The van der Waals surface area contributed by atoms with Gasteiger partial charge in [0.25, 0.3) is 0 Å². The summed E-state index contributed by atoms with van der Waals surface area (Å²) < 4.78 is 4.08. The molecule has 2 heterocycles. The van der Waals surface area contributed by atoms with Crippen LogP contribution in [0.1, 0.15) is 181 Å². The Hall–Kier alpha value is -2.06. The van der Waals surface area contributed by atoms with Gasteiger partial charge in [-0.1, -0.05) is 142 Å². The number of imidazole rings is 2. The second-order valence-corrected chi connectivity index (χ2v) is 13.6. The lowest BCUT2D eigenvalue weighted by atomic mass is 10.1. The number of hydrogen-bond acceptors (Lipinski definition) is 4. The molecule has 8 nitrogen and oxygen atoms in total. The third kappa shape index (κ3) is 34.4. The van der Waals surface area contributed by atoms with E-state index in [-0.39, 0.29) is 36.6 Å². The van der Waals surface area contributed by atoms with Gasteiger partial charge in [-0.2, -0.15) is 0 Å². The number of hydrogen-bond donors (Lipinski definition) is 2. The molecule has 0 bridgehead atoms. The van der Waals surface area contributed by atoms with Crippen molar-refractivity contribution in [3.8, 4) is 0 Å². The van der Waals surface area contributed by atoms with Crippen LogP contribution in [0.5, 0.6) is 0 Å². The van der Waals surface area contributed by atoms with E-state index in [0.717, 1.165) is 51.9 Å². The largest absolute Gasteiger partial charge is 0.356 e. The average molecular weight is 744 g/mol. The Balaban J connectivity index is 0. The van der Waals surface area contributed by atoms with Crippen molar-refractivity contribution in [1.29, 1.82) is 0 Å². The van der Waals surface area contributed by atoms with Gasteiger partial charge in [-0.25, -0.2) is 9.97 Å². The van der Waals surface area contributed by atoms with Crippen molar-refractivity contribution in [3.63, 3.8) is 0 Å². The number of rotatable bonds is 32. The number of unbranched alkanes of at least 4 members (excludes halogenated alkanes) is 20. The third-order valence-electron chi connectivity index (χ3n) is 8.96. The molecule has 0 saturated heterocycles. The molecule has 0 fully saturated rings. The van der Waals surface area contributed by atoms with Crippen molar-refractivity contribution < 1.29 is 9.59 Å². The minimum absolute atomic E-state index is 0. The van der Waals surface area contributed by atoms with Crippen molar-refractivity contribution in [1.82, 2.24) is 29.7 Å². The summed E-state index contributed by atoms with van der Waals surface area (Å²) in [5, 5.41) is 6.02. The fourth-order valence-electron chi connectivity index (χ4n) is 5.89. The maximum Gasteiger partial charge on any atom is 0.219 e. The van der Waals surface area contributed by atoms with E-state index >= 15 is 0 Å². The Morgan fingerprint density at radius 1 is 0.460 bits per heavy atom. The van der Waals surface area contributed by atoms with E-state index in [1.165, 1.54) is 128 Å². The second kappa shape index (κ2) is 39.7. The van der Waals surface area contributed by atoms with Gasteiger partial charge in [0.05, 0.1) is 12.7 Å². The zero-order valence-corrected chi connectivity index (χ0v) is 33.7. The van der Waals surface area contributed by atoms with Gasteiger partial charge >= 0.3 is 0 Å². The molecule has 0 aromatic carbocycles. The van der Waals surface area contributed by atoms with Crippen molar-refractivity contribution in [2.24, 2.45) is 0 Å². The zero-order chi connectivity index (χ0) is 34.6. The Morgan fingerprint density at radius 3 is 1.04 bits per heavy atom. The van der Waals surface area contributed by atoms with Crippen LogP contribution in [-0.4, -0.2) is 44.0 Å². The van der Waals surface area contributed by atoms with Gasteiger partial charge in [0.15, 0.2) is 0 Å². The summed E-state index contributed by atoms with van der Waals surface area (Å²) >= 11 is 0. The summed E-state index contributed by atoms with van der Waals surface area (Å²) in [5.41, 5.74) is 0. The van der Waals surface area contributed by atoms with Gasteiger partial charge in [-0.15, -0.1) is 24.8 Å². The van der Waals surface area contributed by atoms with Crippen LogP contribution in [0.4, 0.5) is 0 Å². The van der Waals surface area contributed by atoms with E-state index < -0.39 is 0 Å². The normalized spacial score (nSPS) is 10.4. The summed E-state index contributed by atoms with van der Waals surface area (Å²) in [6.45, 7) is 7.88. The van der Waals surface area contributed by atoms with Crippen LogP contribution in [0.2, 0.25) is 0 Å². The summed E-state index contributed by atoms with van der Waals surface area (Å²) in [4.78, 5) is 31.5. The van der Waals surface area contributed by atoms with Gasteiger partial charge in [0, 0.05) is 63.8 Å². The predicted molar refractivity (Wildman–Crippen MR) is 216 cm³/mol. The van der Waals surface area contributed by atoms with Gasteiger partial charge in [-0.05, 0) is 25.7 Å². The first-order valence-corrected chi connectivity index (χ1v) is 20.1. The quantitative estimate of drug-likeness (QED) is 0.0730. The van der Waals surface area contributed by atoms with Crippen LogP contribution in [0, 0.1) is 0 Å².